The molecule has 1 aliphatic heterocycles. The number of ether oxygens (including phenoxy) is 2. The molecular weight excluding hydrogens is 306 g/mol. The first-order valence-electron chi connectivity index (χ1n) is 8.30. The molecule has 6 nitrogen and oxygen atoms in total. The molecule has 0 saturated heterocycles. The van der Waals surface area contributed by atoms with E-state index in [0.717, 1.165) is 18.1 Å². The van der Waals surface area contributed by atoms with Gasteiger partial charge in [0.05, 0.1) is 24.5 Å². The van der Waals surface area contributed by atoms with Crippen molar-refractivity contribution in [3.63, 3.8) is 0 Å². The number of benzene rings is 1. The van der Waals surface area contributed by atoms with Crippen LogP contribution in [-0.2, 0) is 22.7 Å². The number of imidazole rings is 1. The molecule has 0 N–H and O–H groups in total. The lowest BCUT2D eigenvalue weighted by molar-refractivity contribution is -0.136. The second-order valence-corrected chi connectivity index (χ2v) is 5.76. The van der Waals surface area contributed by atoms with Crippen molar-refractivity contribution in [1.29, 1.82) is 0 Å². The zero-order valence-corrected chi connectivity index (χ0v) is 14.1. The molecule has 1 atom stereocenters. The van der Waals surface area contributed by atoms with Gasteiger partial charge in [-0.15, -0.1) is 0 Å². The van der Waals surface area contributed by atoms with E-state index in [0.29, 0.717) is 25.5 Å². The van der Waals surface area contributed by atoms with Crippen molar-refractivity contribution in [3.05, 3.63) is 48.0 Å². The van der Waals surface area contributed by atoms with Gasteiger partial charge in [0.15, 0.2) is 6.61 Å². The zero-order valence-electron chi connectivity index (χ0n) is 14.1. The first-order chi connectivity index (χ1) is 11.7. The average Bonchev–Trinajstić information content (AvgIpc) is 3.03. The molecule has 0 spiro atoms. The minimum absolute atomic E-state index is 0.0213. The number of carbonyl (C=O) groups excluding carboxylic acids is 1. The number of nitrogens with zero attached hydrogens (tertiary/aromatic N) is 3. The summed E-state index contributed by atoms with van der Waals surface area (Å²) in [6.07, 6.45) is 1.84. The third-order valence-electron chi connectivity index (χ3n) is 4.25. The number of rotatable bonds is 6. The highest BCUT2D eigenvalue weighted by molar-refractivity contribution is 5.78. The molecule has 2 aromatic rings. The summed E-state index contributed by atoms with van der Waals surface area (Å²) < 4.78 is 13.2. The summed E-state index contributed by atoms with van der Waals surface area (Å²) >= 11 is 0. The third kappa shape index (κ3) is 3.43. The molecule has 3 rings (SSSR count). The minimum atomic E-state index is -0.0685. The largest absolute Gasteiger partial charge is 0.484 e. The maximum atomic E-state index is 12.5. The Hall–Kier alpha value is -2.34. The van der Waals surface area contributed by atoms with Gasteiger partial charge in [-0.25, -0.2) is 4.98 Å². The van der Waals surface area contributed by atoms with Crippen LogP contribution < -0.4 is 4.74 Å². The maximum Gasteiger partial charge on any atom is 0.261 e. The summed E-state index contributed by atoms with van der Waals surface area (Å²) in [5.41, 5.74) is 1.06. The van der Waals surface area contributed by atoms with Gasteiger partial charge in [-0.1, -0.05) is 18.2 Å². The van der Waals surface area contributed by atoms with Crippen LogP contribution in [0.5, 0.6) is 5.75 Å². The van der Waals surface area contributed by atoms with Crippen LogP contribution in [-0.4, -0.2) is 40.1 Å². The Kier molecular flexibility index (Phi) is 5.15. The van der Waals surface area contributed by atoms with E-state index in [4.69, 9.17) is 9.47 Å². The van der Waals surface area contributed by atoms with Gasteiger partial charge < -0.3 is 18.9 Å². The Bertz CT molecular complexity index is 684. The third-order valence-corrected chi connectivity index (χ3v) is 4.25. The SMILES string of the molecule is CCOCc1cnc2n1CCN(C(=O)COc1ccccc1)[C@@H]2C. The van der Waals surface area contributed by atoms with E-state index in [1.807, 2.05) is 55.3 Å². The zero-order chi connectivity index (χ0) is 16.9. The molecule has 24 heavy (non-hydrogen) atoms. The predicted molar refractivity (Wildman–Crippen MR) is 89.6 cm³/mol. The van der Waals surface area contributed by atoms with E-state index in [-0.39, 0.29) is 18.6 Å². The summed E-state index contributed by atoms with van der Waals surface area (Å²) in [7, 11) is 0. The Morgan fingerprint density at radius 2 is 2.08 bits per heavy atom. The van der Waals surface area contributed by atoms with Crippen molar-refractivity contribution >= 4 is 5.91 Å². The number of para-hydroxylation sites is 1. The van der Waals surface area contributed by atoms with Crippen molar-refractivity contribution in [2.75, 3.05) is 19.8 Å². The first kappa shape index (κ1) is 16.5. The van der Waals surface area contributed by atoms with Gasteiger partial charge in [0, 0.05) is 19.7 Å². The summed E-state index contributed by atoms with van der Waals surface area (Å²) in [5.74, 6) is 1.59. The predicted octanol–water partition coefficient (Wildman–Crippen LogP) is 2.40. The normalized spacial score (nSPS) is 16.8. The molecule has 128 valence electrons. The highest BCUT2D eigenvalue weighted by atomic mass is 16.5. The molecule has 0 aliphatic carbocycles. The second-order valence-electron chi connectivity index (χ2n) is 5.76. The lowest BCUT2D eigenvalue weighted by Gasteiger charge is -2.34. The van der Waals surface area contributed by atoms with Crippen LogP contribution in [0.3, 0.4) is 0 Å². The van der Waals surface area contributed by atoms with Crippen molar-refractivity contribution in [2.45, 2.75) is 33.0 Å². The number of hydrogen-bond donors (Lipinski definition) is 0. The fourth-order valence-electron chi connectivity index (χ4n) is 2.97. The number of hydrogen-bond acceptors (Lipinski definition) is 4. The quantitative estimate of drug-likeness (QED) is 0.816. The van der Waals surface area contributed by atoms with Gasteiger partial charge in [-0.05, 0) is 26.0 Å². The second kappa shape index (κ2) is 7.49. The molecular formula is C18H23N3O3. The van der Waals surface area contributed by atoms with E-state index in [1.54, 1.807) is 0 Å². The van der Waals surface area contributed by atoms with Gasteiger partial charge >= 0.3 is 0 Å². The summed E-state index contributed by atoms with van der Waals surface area (Å²) in [6.45, 7) is 6.64. The molecule has 1 amide bonds. The molecule has 0 fully saturated rings. The van der Waals surface area contributed by atoms with Crippen LogP contribution in [0.15, 0.2) is 36.5 Å². The first-order valence-corrected chi connectivity index (χ1v) is 8.30. The van der Waals surface area contributed by atoms with Gasteiger partial charge in [0.2, 0.25) is 0 Å². The van der Waals surface area contributed by atoms with E-state index < -0.39 is 0 Å². The van der Waals surface area contributed by atoms with Crippen LogP contribution in [0.1, 0.15) is 31.4 Å². The lowest BCUT2D eigenvalue weighted by Crippen LogP contribution is -2.43. The number of fused-ring (bicyclic) bond motifs is 1. The Labute approximate surface area is 142 Å². The molecule has 0 bridgehead atoms. The highest BCUT2D eigenvalue weighted by Gasteiger charge is 2.30. The number of carbonyl (C=O) groups is 1. The number of aromatic nitrogens is 2. The molecule has 2 heterocycles. The Morgan fingerprint density at radius 1 is 1.29 bits per heavy atom. The lowest BCUT2D eigenvalue weighted by atomic mass is 10.2. The molecule has 6 heteroatoms. The van der Waals surface area contributed by atoms with Crippen LogP contribution >= 0.6 is 0 Å². The summed E-state index contributed by atoms with van der Waals surface area (Å²) in [4.78, 5) is 18.8. The van der Waals surface area contributed by atoms with Crippen molar-refractivity contribution < 1.29 is 14.3 Å². The van der Waals surface area contributed by atoms with E-state index in [2.05, 4.69) is 9.55 Å². The molecule has 0 saturated carbocycles. The molecule has 0 radical (unpaired) electrons. The minimum Gasteiger partial charge on any atom is -0.484 e. The van der Waals surface area contributed by atoms with Crippen molar-refractivity contribution in [1.82, 2.24) is 14.5 Å². The smallest absolute Gasteiger partial charge is 0.261 e. The Balaban J connectivity index is 1.64. The molecule has 1 aromatic heterocycles. The number of amides is 1. The van der Waals surface area contributed by atoms with Crippen LogP contribution in [0.25, 0.3) is 0 Å². The topological polar surface area (TPSA) is 56.6 Å². The van der Waals surface area contributed by atoms with Crippen LogP contribution in [0.2, 0.25) is 0 Å². The standard InChI is InChI=1S/C18H23N3O3/c1-3-23-12-15-11-19-18-14(2)20(9-10-21(15)18)17(22)13-24-16-7-5-4-6-8-16/h4-8,11,14H,3,9-10,12-13H2,1-2H3/t14-/m1/s1. The fraction of sp³-hybridized carbons (Fsp3) is 0.444. The van der Waals surface area contributed by atoms with Gasteiger partial charge in [0.1, 0.15) is 11.6 Å². The van der Waals surface area contributed by atoms with Gasteiger partial charge in [0.25, 0.3) is 5.91 Å². The monoisotopic (exact) mass is 329 g/mol. The summed E-state index contributed by atoms with van der Waals surface area (Å²) in [5, 5.41) is 0. The fourth-order valence-corrected chi connectivity index (χ4v) is 2.97. The van der Waals surface area contributed by atoms with E-state index in [1.165, 1.54) is 0 Å². The molecule has 1 aliphatic rings. The van der Waals surface area contributed by atoms with Crippen molar-refractivity contribution in [2.24, 2.45) is 0 Å². The average molecular weight is 329 g/mol. The van der Waals surface area contributed by atoms with E-state index >= 15 is 0 Å². The van der Waals surface area contributed by atoms with E-state index in [9.17, 15) is 4.79 Å². The van der Waals surface area contributed by atoms with Crippen LogP contribution in [0, 0.1) is 0 Å². The Morgan fingerprint density at radius 3 is 2.83 bits per heavy atom. The van der Waals surface area contributed by atoms with Crippen LogP contribution in [0.4, 0.5) is 0 Å². The maximum absolute atomic E-state index is 12.5. The van der Waals surface area contributed by atoms with Gasteiger partial charge in [-0.3, -0.25) is 4.79 Å². The molecule has 0 unspecified atom stereocenters. The molecule has 1 aromatic carbocycles. The van der Waals surface area contributed by atoms with Gasteiger partial charge in [-0.2, -0.15) is 0 Å². The summed E-state index contributed by atoms with van der Waals surface area (Å²) in [6, 6.07) is 9.32. The highest BCUT2D eigenvalue weighted by Crippen LogP contribution is 2.25. The van der Waals surface area contributed by atoms with Crippen molar-refractivity contribution in [3.8, 4) is 5.75 Å².